The molecule has 27 heavy (non-hydrogen) atoms. The second kappa shape index (κ2) is 7.30. The van der Waals surface area contributed by atoms with Crippen LogP contribution in [0.5, 0.6) is 0 Å². The summed E-state index contributed by atoms with van der Waals surface area (Å²) >= 11 is 7.23. The molecule has 3 aromatic heterocycles. The minimum atomic E-state index is -0.420. The van der Waals surface area contributed by atoms with Crippen molar-refractivity contribution in [1.29, 1.82) is 0 Å². The molecule has 4 rings (SSSR count). The topological polar surface area (TPSA) is 80.9 Å². The maximum Gasteiger partial charge on any atom is 0.295 e. The number of anilines is 1. The van der Waals surface area contributed by atoms with Gasteiger partial charge in [-0.1, -0.05) is 29.8 Å². The Morgan fingerprint density at radius 2 is 1.96 bits per heavy atom. The fourth-order valence-corrected chi connectivity index (χ4v) is 3.38. The largest absolute Gasteiger partial charge is 0.438 e. The average Bonchev–Trinajstić information content (AvgIpc) is 3.32. The molecule has 0 aliphatic rings. The molecule has 0 spiro atoms. The maximum absolute atomic E-state index is 12.6. The lowest BCUT2D eigenvalue weighted by atomic mass is 10.1. The Kier molecular flexibility index (Phi) is 4.70. The van der Waals surface area contributed by atoms with Crippen molar-refractivity contribution in [3.8, 4) is 22.6 Å². The number of hydrogen-bond acceptors (Lipinski definition) is 6. The zero-order chi connectivity index (χ0) is 18.8. The predicted octanol–water partition coefficient (Wildman–Crippen LogP) is 5.07. The molecule has 0 fully saturated rings. The van der Waals surface area contributed by atoms with Gasteiger partial charge < -0.3 is 4.42 Å². The molecule has 1 amide bonds. The van der Waals surface area contributed by atoms with Crippen molar-refractivity contribution in [1.82, 2.24) is 15.0 Å². The summed E-state index contributed by atoms with van der Waals surface area (Å²) in [6.07, 6.45) is 2.95. The fourth-order valence-electron chi connectivity index (χ4n) is 2.57. The molecule has 1 aromatic carbocycles. The van der Waals surface area contributed by atoms with Crippen LogP contribution in [-0.2, 0) is 0 Å². The molecule has 1 N–H and O–H groups in total. The number of hydrogen-bond donors (Lipinski definition) is 1. The molecule has 0 atom stereocenters. The van der Waals surface area contributed by atoms with Crippen LogP contribution in [-0.4, -0.2) is 20.9 Å². The zero-order valence-corrected chi connectivity index (χ0v) is 15.7. The number of halogens is 1. The van der Waals surface area contributed by atoms with Crippen molar-refractivity contribution in [2.75, 3.05) is 5.32 Å². The lowest BCUT2D eigenvalue weighted by molar-refractivity contribution is 0.0997. The van der Waals surface area contributed by atoms with E-state index in [1.165, 1.54) is 17.7 Å². The summed E-state index contributed by atoms with van der Waals surface area (Å²) in [7, 11) is 0. The first-order valence-corrected chi connectivity index (χ1v) is 9.26. The summed E-state index contributed by atoms with van der Waals surface area (Å²) in [5, 5.41) is 5.67. The number of amides is 1. The van der Waals surface area contributed by atoms with Crippen LogP contribution in [0.25, 0.3) is 22.6 Å². The van der Waals surface area contributed by atoms with E-state index in [-0.39, 0.29) is 5.76 Å². The number of oxazole rings is 1. The van der Waals surface area contributed by atoms with Crippen molar-refractivity contribution < 1.29 is 9.21 Å². The molecule has 0 saturated carbocycles. The van der Waals surface area contributed by atoms with Crippen molar-refractivity contribution in [2.45, 2.75) is 6.92 Å². The van der Waals surface area contributed by atoms with Gasteiger partial charge in [0.1, 0.15) is 11.4 Å². The van der Waals surface area contributed by atoms with Crippen LogP contribution in [0.15, 0.2) is 58.8 Å². The molecule has 0 saturated heterocycles. The lowest BCUT2D eigenvalue weighted by Crippen LogP contribution is -2.12. The first-order valence-electron chi connectivity index (χ1n) is 8.00. The third-order valence-corrected chi connectivity index (χ3v) is 4.88. The molecule has 0 unspecified atom stereocenters. The van der Waals surface area contributed by atoms with Gasteiger partial charge in [-0.15, -0.1) is 11.3 Å². The van der Waals surface area contributed by atoms with E-state index in [0.29, 0.717) is 21.5 Å². The fraction of sp³-hybridized carbons (Fsp3) is 0.0526. The Labute approximate surface area is 163 Å². The molecule has 8 heteroatoms. The monoisotopic (exact) mass is 396 g/mol. The Hall–Kier alpha value is -3.03. The number of carbonyl (C=O) groups excluding carboxylic acids is 1. The number of aromatic nitrogens is 3. The highest BCUT2D eigenvalue weighted by molar-refractivity contribution is 7.14. The SMILES string of the molecule is Cc1cccnc1-c1csc(NC(=O)c2ocnc2-c2ccc(Cl)cc2)n1. The van der Waals surface area contributed by atoms with Crippen molar-refractivity contribution >= 4 is 34.0 Å². The number of thiazole rings is 1. The predicted molar refractivity (Wildman–Crippen MR) is 105 cm³/mol. The van der Waals surface area contributed by atoms with E-state index in [1.807, 2.05) is 24.4 Å². The second-order valence-electron chi connectivity index (χ2n) is 5.70. The highest BCUT2D eigenvalue weighted by Crippen LogP contribution is 2.28. The highest BCUT2D eigenvalue weighted by atomic mass is 35.5. The minimum absolute atomic E-state index is 0.114. The van der Waals surface area contributed by atoms with Gasteiger partial charge >= 0.3 is 0 Å². The van der Waals surface area contributed by atoms with Gasteiger partial charge in [-0.25, -0.2) is 9.97 Å². The first kappa shape index (κ1) is 17.4. The zero-order valence-electron chi connectivity index (χ0n) is 14.1. The van der Waals surface area contributed by atoms with Crippen molar-refractivity contribution in [2.24, 2.45) is 0 Å². The van der Waals surface area contributed by atoms with E-state index in [9.17, 15) is 4.79 Å². The normalized spacial score (nSPS) is 10.7. The van der Waals surface area contributed by atoms with Crippen LogP contribution in [0, 0.1) is 6.92 Å². The summed E-state index contributed by atoms with van der Waals surface area (Å²) in [5.41, 5.74) is 3.70. The Morgan fingerprint density at radius 1 is 1.15 bits per heavy atom. The maximum atomic E-state index is 12.6. The molecule has 0 bridgehead atoms. The summed E-state index contributed by atoms with van der Waals surface area (Å²) in [6.45, 7) is 1.97. The number of pyridine rings is 1. The summed E-state index contributed by atoms with van der Waals surface area (Å²) < 4.78 is 5.30. The van der Waals surface area contributed by atoms with E-state index >= 15 is 0 Å². The van der Waals surface area contributed by atoms with Gasteiger partial charge in [0.2, 0.25) is 5.76 Å². The smallest absolute Gasteiger partial charge is 0.295 e. The Bertz CT molecular complexity index is 1100. The van der Waals surface area contributed by atoms with E-state index in [4.69, 9.17) is 16.0 Å². The number of rotatable bonds is 4. The molecular formula is C19H13ClN4O2S. The van der Waals surface area contributed by atoms with Gasteiger partial charge in [-0.3, -0.25) is 15.1 Å². The van der Waals surface area contributed by atoms with Gasteiger partial charge in [-0.05, 0) is 30.7 Å². The number of nitrogens with zero attached hydrogens (tertiary/aromatic N) is 3. The van der Waals surface area contributed by atoms with Crippen molar-refractivity contribution in [3.05, 3.63) is 70.7 Å². The Balaban J connectivity index is 1.57. The number of carbonyl (C=O) groups is 1. The van der Waals surface area contributed by atoms with E-state index in [0.717, 1.165) is 16.8 Å². The number of nitrogens with one attached hydrogen (secondary N) is 1. The van der Waals surface area contributed by atoms with Crippen LogP contribution in [0.1, 0.15) is 16.1 Å². The quantitative estimate of drug-likeness (QED) is 0.520. The first-order chi connectivity index (χ1) is 13.1. The van der Waals surface area contributed by atoms with Gasteiger partial charge in [0.25, 0.3) is 5.91 Å². The van der Waals surface area contributed by atoms with Gasteiger partial charge in [0.05, 0.1) is 5.69 Å². The van der Waals surface area contributed by atoms with Crippen LogP contribution in [0.2, 0.25) is 5.02 Å². The lowest BCUT2D eigenvalue weighted by Gasteiger charge is -2.02. The molecule has 134 valence electrons. The van der Waals surface area contributed by atoms with Gasteiger partial charge in [0, 0.05) is 22.2 Å². The molecule has 0 aliphatic carbocycles. The van der Waals surface area contributed by atoms with Crippen LogP contribution >= 0.6 is 22.9 Å². The van der Waals surface area contributed by atoms with Crippen LogP contribution in [0.4, 0.5) is 5.13 Å². The van der Waals surface area contributed by atoms with Crippen molar-refractivity contribution in [3.63, 3.8) is 0 Å². The molecule has 3 heterocycles. The molecular weight excluding hydrogens is 384 g/mol. The molecule has 6 nitrogen and oxygen atoms in total. The third kappa shape index (κ3) is 3.60. The number of aryl methyl sites for hydroxylation is 1. The van der Waals surface area contributed by atoms with E-state index in [2.05, 4.69) is 20.3 Å². The molecule has 0 aliphatic heterocycles. The molecule has 4 aromatic rings. The summed E-state index contributed by atoms with van der Waals surface area (Å²) in [6, 6.07) is 10.9. The standard InChI is InChI=1S/C19H13ClN4O2S/c1-11-3-2-8-21-15(11)14-9-27-19(23-14)24-18(25)17-16(22-10-26-17)12-4-6-13(20)7-5-12/h2-10H,1H3,(H,23,24,25). The number of benzene rings is 1. The summed E-state index contributed by atoms with van der Waals surface area (Å²) in [5.74, 6) is -0.306. The summed E-state index contributed by atoms with van der Waals surface area (Å²) in [4.78, 5) is 25.6. The average molecular weight is 397 g/mol. The van der Waals surface area contributed by atoms with E-state index in [1.54, 1.807) is 30.5 Å². The highest BCUT2D eigenvalue weighted by Gasteiger charge is 2.20. The van der Waals surface area contributed by atoms with Gasteiger partial charge in [-0.2, -0.15) is 0 Å². The molecule has 0 radical (unpaired) electrons. The third-order valence-electron chi connectivity index (χ3n) is 3.87. The van der Waals surface area contributed by atoms with Crippen LogP contribution in [0.3, 0.4) is 0 Å². The van der Waals surface area contributed by atoms with Gasteiger partial charge in [0.15, 0.2) is 11.5 Å². The van der Waals surface area contributed by atoms with Crippen LogP contribution < -0.4 is 5.32 Å². The Morgan fingerprint density at radius 3 is 2.74 bits per heavy atom. The van der Waals surface area contributed by atoms with E-state index < -0.39 is 5.91 Å². The second-order valence-corrected chi connectivity index (χ2v) is 6.99. The minimum Gasteiger partial charge on any atom is -0.438 e.